The van der Waals surface area contributed by atoms with Gasteiger partial charge in [0.1, 0.15) is 13.2 Å². The summed E-state index contributed by atoms with van der Waals surface area (Å²) < 4.78 is 23.4. The van der Waals surface area contributed by atoms with Crippen LogP contribution >= 0.6 is 7.82 Å². The van der Waals surface area contributed by atoms with Gasteiger partial charge in [0.15, 0.2) is 0 Å². The minimum atomic E-state index is -4.60. The lowest BCUT2D eigenvalue weighted by atomic mass is 10.0. The van der Waals surface area contributed by atoms with Crippen LogP contribution in [0.25, 0.3) is 0 Å². The van der Waals surface area contributed by atoms with Crippen molar-refractivity contribution >= 4 is 13.7 Å². The van der Waals surface area contributed by atoms with Gasteiger partial charge in [0.05, 0.1) is 39.9 Å². The maximum absolute atomic E-state index is 13.0. The zero-order chi connectivity index (χ0) is 56.3. The summed E-state index contributed by atoms with van der Waals surface area (Å²) in [4.78, 5) is 25.5. The van der Waals surface area contributed by atoms with Gasteiger partial charge in [-0.1, -0.05) is 305 Å². The third-order valence-corrected chi connectivity index (χ3v) is 15.6. The number of aliphatic hydroxyl groups is 1. The number of carbonyl (C=O) groups is 1. The van der Waals surface area contributed by atoms with Crippen LogP contribution in [-0.2, 0) is 18.4 Å². The van der Waals surface area contributed by atoms with E-state index >= 15 is 0 Å². The second-order valence-corrected chi connectivity index (χ2v) is 24.9. The summed E-state index contributed by atoms with van der Waals surface area (Å²) in [6, 6.07) is -0.887. The lowest BCUT2D eigenvalue weighted by Crippen LogP contribution is -2.45. The minimum absolute atomic E-state index is 0.000432. The van der Waals surface area contributed by atoms with Crippen LogP contribution in [0.3, 0.4) is 0 Å². The number of allylic oxidation sites excluding steroid dienone is 11. The first-order valence-corrected chi connectivity index (χ1v) is 34.3. The third kappa shape index (κ3) is 61.4. The highest BCUT2D eigenvalue weighted by atomic mass is 31.2. The molecule has 0 aromatic heterocycles. The summed E-state index contributed by atoms with van der Waals surface area (Å²) >= 11 is 0. The van der Waals surface area contributed by atoms with Gasteiger partial charge in [0.25, 0.3) is 7.82 Å². The largest absolute Gasteiger partial charge is 0.756 e. The molecule has 0 aromatic rings. The number of hydrogen-bond acceptors (Lipinski definition) is 6. The van der Waals surface area contributed by atoms with Crippen LogP contribution in [0.15, 0.2) is 72.9 Å². The van der Waals surface area contributed by atoms with E-state index in [9.17, 15) is 19.4 Å². The van der Waals surface area contributed by atoms with Crippen molar-refractivity contribution in [3.63, 3.8) is 0 Å². The number of nitrogens with one attached hydrogen (secondary N) is 1. The van der Waals surface area contributed by atoms with Crippen LogP contribution in [0.4, 0.5) is 0 Å². The summed E-state index contributed by atoms with van der Waals surface area (Å²) in [5.41, 5.74) is 0. The van der Waals surface area contributed by atoms with E-state index in [4.69, 9.17) is 9.05 Å². The Labute approximate surface area is 478 Å². The van der Waals surface area contributed by atoms with Crippen LogP contribution in [0.5, 0.6) is 0 Å². The molecule has 0 bridgehead atoms. The Morgan fingerprint density at radius 2 is 0.792 bits per heavy atom. The van der Waals surface area contributed by atoms with Gasteiger partial charge in [-0.25, -0.2) is 0 Å². The van der Waals surface area contributed by atoms with E-state index in [0.29, 0.717) is 17.4 Å². The highest BCUT2D eigenvalue weighted by Gasteiger charge is 2.23. The van der Waals surface area contributed by atoms with Gasteiger partial charge in [0.2, 0.25) is 5.91 Å². The first kappa shape index (κ1) is 74.9. The van der Waals surface area contributed by atoms with E-state index in [0.717, 1.165) is 70.6 Å². The molecule has 0 aromatic carbocycles. The molecule has 0 saturated heterocycles. The van der Waals surface area contributed by atoms with Crippen LogP contribution < -0.4 is 10.2 Å². The molecule has 0 radical (unpaired) electrons. The van der Waals surface area contributed by atoms with Crippen molar-refractivity contribution in [2.24, 2.45) is 0 Å². The van der Waals surface area contributed by atoms with Gasteiger partial charge < -0.3 is 28.8 Å². The Kier molecular flexibility index (Phi) is 57.0. The van der Waals surface area contributed by atoms with Crippen molar-refractivity contribution in [2.45, 2.75) is 315 Å². The van der Waals surface area contributed by atoms with Gasteiger partial charge in [-0.2, -0.15) is 0 Å². The fourth-order valence-corrected chi connectivity index (χ4v) is 10.3. The van der Waals surface area contributed by atoms with Gasteiger partial charge in [-0.3, -0.25) is 9.36 Å². The second-order valence-electron chi connectivity index (χ2n) is 23.4. The normalized spacial score (nSPS) is 14.2. The molecule has 9 heteroatoms. The second kappa shape index (κ2) is 58.6. The lowest BCUT2D eigenvalue weighted by Gasteiger charge is -2.29. The van der Waals surface area contributed by atoms with Gasteiger partial charge >= 0.3 is 0 Å². The molecule has 2 N–H and O–H groups in total. The van der Waals surface area contributed by atoms with E-state index in [1.807, 2.05) is 27.2 Å². The number of carbonyl (C=O) groups excluding carboxylic acids is 1. The average molecular weight is 1100 g/mol. The lowest BCUT2D eigenvalue weighted by molar-refractivity contribution is -0.870. The molecule has 0 heterocycles. The maximum atomic E-state index is 13.0. The fraction of sp³-hybridized carbons (Fsp3) is 0.809. The number of rotatable bonds is 60. The number of hydrogen-bond donors (Lipinski definition) is 2. The molecule has 450 valence electrons. The minimum Gasteiger partial charge on any atom is -0.756 e. The topological polar surface area (TPSA) is 108 Å². The van der Waals surface area contributed by atoms with Crippen molar-refractivity contribution in [2.75, 3.05) is 40.9 Å². The van der Waals surface area contributed by atoms with Crippen LogP contribution in [0.2, 0.25) is 0 Å². The Morgan fingerprint density at radius 1 is 0.468 bits per heavy atom. The third-order valence-electron chi connectivity index (χ3n) is 14.7. The number of aliphatic hydroxyl groups excluding tert-OH is 1. The van der Waals surface area contributed by atoms with Crippen molar-refractivity contribution in [3.8, 4) is 0 Å². The number of quaternary nitrogens is 1. The van der Waals surface area contributed by atoms with Gasteiger partial charge in [-0.05, 0) is 64.2 Å². The Balaban J connectivity index is 3.94. The first-order valence-electron chi connectivity index (χ1n) is 32.8. The zero-order valence-corrected chi connectivity index (χ0v) is 52.3. The molecule has 8 nitrogen and oxygen atoms in total. The molecule has 3 unspecified atom stereocenters. The predicted octanol–water partition coefficient (Wildman–Crippen LogP) is 20.0. The molecule has 77 heavy (non-hydrogen) atoms. The molecule has 0 aliphatic heterocycles. The predicted molar refractivity (Wildman–Crippen MR) is 334 cm³/mol. The molecule has 0 fully saturated rings. The molecular formula is C68H127N2O6P. The molecule has 3 atom stereocenters. The van der Waals surface area contributed by atoms with Gasteiger partial charge in [-0.15, -0.1) is 0 Å². The molecular weight excluding hydrogens is 972 g/mol. The molecule has 0 aliphatic rings. The fourth-order valence-electron chi connectivity index (χ4n) is 9.60. The highest BCUT2D eigenvalue weighted by molar-refractivity contribution is 7.45. The number of likely N-dealkylation sites (N-methyl/N-ethyl adjacent to an activating group) is 1. The number of phosphoric acid groups is 1. The number of nitrogens with zero attached hydrogens (tertiary/aromatic N) is 1. The molecule has 0 aliphatic carbocycles. The number of phosphoric ester groups is 1. The van der Waals surface area contributed by atoms with E-state index < -0.39 is 20.0 Å². The van der Waals surface area contributed by atoms with Gasteiger partial charge in [0, 0.05) is 6.42 Å². The quantitative estimate of drug-likeness (QED) is 0.0272. The molecule has 0 spiro atoms. The standard InChI is InChI=1S/C68H127N2O6P/c1-6-8-10-12-14-16-18-20-22-24-25-26-27-28-29-30-31-32-33-34-35-36-37-38-39-40-41-42-43-44-45-46-48-50-52-54-56-58-60-62-68(72)69-66(65-76-77(73,74)75-64-63-70(3,4)5)67(71)61-59-57-55-53-51-49-47-23-21-19-17-15-13-11-9-7-2/h8,10,14,16,20,22,25-26,28-29,59,61,66-67,71H,6-7,9,11-13,15,17-19,21,23-24,27,30-58,60,62-65H2,1-5H3,(H-,69,72,73,74)/b10-8-,16-14-,22-20-,26-25-,29-28-,61-59+. The van der Waals surface area contributed by atoms with Crippen molar-refractivity contribution in [1.29, 1.82) is 0 Å². The molecule has 0 saturated carbocycles. The summed E-state index contributed by atoms with van der Waals surface area (Å²) in [5.74, 6) is -0.193. The first-order chi connectivity index (χ1) is 37.5. The number of unbranched alkanes of at least 4 members (excludes halogenated alkanes) is 37. The maximum Gasteiger partial charge on any atom is 0.268 e. The summed E-state index contributed by atoms with van der Waals surface area (Å²) in [6.07, 6.45) is 81.6. The monoisotopic (exact) mass is 1100 g/mol. The molecule has 0 rings (SSSR count). The zero-order valence-electron chi connectivity index (χ0n) is 51.4. The van der Waals surface area contributed by atoms with Crippen LogP contribution in [0.1, 0.15) is 303 Å². The Bertz CT molecular complexity index is 1480. The number of amides is 1. The summed E-state index contributed by atoms with van der Waals surface area (Å²) in [7, 11) is 1.27. The SMILES string of the molecule is CC/C=C\C/C=C\C/C=C\C/C=C\C/C=C\CCCCCCCCCCCCCCCCCCCCCCCCCC(=O)NC(COP(=O)([O-])OCC[N+](C)(C)C)C(O)/C=C/CCCCCCCCCCCCCCCC. The van der Waals surface area contributed by atoms with E-state index in [2.05, 4.69) is 79.9 Å². The van der Waals surface area contributed by atoms with Crippen molar-refractivity contribution in [3.05, 3.63) is 72.9 Å². The van der Waals surface area contributed by atoms with E-state index in [-0.39, 0.29) is 19.1 Å². The van der Waals surface area contributed by atoms with Crippen LogP contribution in [-0.4, -0.2) is 68.5 Å². The summed E-state index contributed by atoms with van der Waals surface area (Å²) in [5, 5.41) is 13.9. The van der Waals surface area contributed by atoms with E-state index in [1.165, 1.54) is 212 Å². The van der Waals surface area contributed by atoms with Crippen LogP contribution in [0, 0.1) is 0 Å². The van der Waals surface area contributed by atoms with Crippen molar-refractivity contribution < 1.29 is 32.9 Å². The molecule has 1 amide bonds. The Hall–Kier alpha value is -2.06. The summed E-state index contributed by atoms with van der Waals surface area (Å²) in [6.45, 7) is 4.56. The van der Waals surface area contributed by atoms with E-state index in [1.54, 1.807) is 6.08 Å². The van der Waals surface area contributed by atoms with Crippen molar-refractivity contribution in [1.82, 2.24) is 5.32 Å². The average Bonchev–Trinajstić information content (AvgIpc) is 3.39. The Morgan fingerprint density at radius 3 is 1.16 bits per heavy atom. The smallest absolute Gasteiger partial charge is 0.268 e. The highest BCUT2D eigenvalue weighted by Crippen LogP contribution is 2.38.